The molecule has 1 aliphatic carbocycles. The molecule has 0 unspecified atom stereocenters. The van der Waals surface area contributed by atoms with Crippen molar-refractivity contribution in [1.82, 2.24) is 10.2 Å². The first-order valence-corrected chi connectivity index (χ1v) is 7.43. The Hall–Kier alpha value is -1.95. The van der Waals surface area contributed by atoms with Crippen molar-refractivity contribution in [3.63, 3.8) is 0 Å². The fourth-order valence-electron chi connectivity index (χ4n) is 2.78. The van der Waals surface area contributed by atoms with E-state index in [1.54, 1.807) is 13.0 Å². The summed E-state index contributed by atoms with van der Waals surface area (Å²) in [5, 5.41) is 11.7. The molecule has 5 nitrogen and oxygen atoms in total. The lowest BCUT2D eigenvalue weighted by Crippen LogP contribution is -2.54. The van der Waals surface area contributed by atoms with Crippen LogP contribution < -0.4 is 5.32 Å². The summed E-state index contributed by atoms with van der Waals surface area (Å²) in [6.07, 6.45) is 1.45. The second-order valence-corrected chi connectivity index (χ2v) is 5.71. The zero-order chi connectivity index (χ0) is 16.3. The number of hydrogen-bond donors (Lipinski definition) is 2. The van der Waals surface area contributed by atoms with Crippen molar-refractivity contribution in [2.24, 2.45) is 0 Å². The smallest absolute Gasteiger partial charge is 0.317 e. The van der Waals surface area contributed by atoms with Crippen molar-refractivity contribution in [2.75, 3.05) is 13.1 Å². The molecule has 0 saturated heterocycles. The van der Waals surface area contributed by atoms with Crippen molar-refractivity contribution in [1.29, 1.82) is 0 Å². The molecule has 22 heavy (non-hydrogen) atoms. The molecule has 2 rings (SSSR count). The first kappa shape index (κ1) is 16.4. The molecule has 2 N–H and O–H groups in total. The van der Waals surface area contributed by atoms with Crippen LogP contribution in [0.2, 0.25) is 0 Å². The van der Waals surface area contributed by atoms with Crippen LogP contribution in [0.1, 0.15) is 35.7 Å². The molecule has 120 valence electrons. The number of hydrogen-bond acceptors (Lipinski definition) is 3. The summed E-state index contributed by atoms with van der Waals surface area (Å²) in [4.78, 5) is 24.8. The normalized spacial score (nSPS) is 20.5. The van der Waals surface area contributed by atoms with Crippen LogP contribution in [-0.4, -0.2) is 47.1 Å². The van der Waals surface area contributed by atoms with Gasteiger partial charge in [0.05, 0.1) is 6.54 Å². The summed E-state index contributed by atoms with van der Waals surface area (Å²) in [6, 6.07) is 4.35. The van der Waals surface area contributed by atoms with E-state index in [1.807, 2.05) is 11.8 Å². The van der Waals surface area contributed by atoms with Crippen molar-refractivity contribution >= 4 is 11.9 Å². The fourth-order valence-corrected chi connectivity index (χ4v) is 2.78. The topological polar surface area (TPSA) is 69.6 Å². The van der Waals surface area contributed by atoms with Gasteiger partial charge in [0.2, 0.25) is 0 Å². The standard InChI is InChI=1S/C16H21FN2O3/c1-3-19(9-15(20)21)13-7-12(8-13)18-16(22)14-6-11(17)5-4-10(14)2/h4-6,12-13H,3,7-9H2,1-2H3,(H,18,22)(H,20,21). The van der Waals surface area contributed by atoms with Crippen LogP contribution in [-0.2, 0) is 4.79 Å². The van der Waals surface area contributed by atoms with Gasteiger partial charge in [-0.15, -0.1) is 0 Å². The number of likely N-dealkylation sites (N-methyl/N-ethyl adjacent to an activating group) is 1. The Bertz CT molecular complexity index is 571. The van der Waals surface area contributed by atoms with Crippen LogP contribution in [0.5, 0.6) is 0 Å². The zero-order valence-corrected chi connectivity index (χ0v) is 12.8. The van der Waals surface area contributed by atoms with E-state index in [2.05, 4.69) is 5.32 Å². The maximum atomic E-state index is 13.2. The van der Waals surface area contributed by atoms with Crippen molar-refractivity contribution in [3.05, 3.63) is 35.1 Å². The lowest BCUT2D eigenvalue weighted by atomic mass is 9.85. The maximum Gasteiger partial charge on any atom is 0.317 e. The molecule has 1 aliphatic rings. The van der Waals surface area contributed by atoms with Gasteiger partial charge < -0.3 is 10.4 Å². The van der Waals surface area contributed by atoms with Gasteiger partial charge in [-0.05, 0) is 44.0 Å². The highest BCUT2D eigenvalue weighted by atomic mass is 19.1. The Labute approximate surface area is 129 Å². The van der Waals surface area contributed by atoms with E-state index in [0.717, 1.165) is 18.4 Å². The molecule has 1 saturated carbocycles. The number of nitrogens with one attached hydrogen (secondary N) is 1. The lowest BCUT2D eigenvalue weighted by Gasteiger charge is -2.42. The van der Waals surface area contributed by atoms with Gasteiger partial charge in [-0.1, -0.05) is 13.0 Å². The monoisotopic (exact) mass is 308 g/mol. The largest absolute Gasteiger partial charge is 0.480 e. The van der Waals surface area contributed by atoms with Gasteiger partial charge in [-0.2, -0.15) is 0 Å². The molecular weight excluding hydrogens is 287 g/mol. The van der Waals surface area contributed by atoms with Gasteiger partial charge in [0.25, 0.3) is 5.91 Å². The number of nitrogens with zero attached hydrogens (tertiary/aromatic N) is 1. The fraction of sp³-hybridized carbons (Fsp3) is 0.500. The third-order valence-electron chi connectivity index (χ3n) is 4.15. The van der Waals surface area contributed by atoms with Crippen LogP contribution in [0, 0.1) is 12.7 Å². The lowest BCUT2D eigenvalue weighted by molar-refractivity contribution is -0.139. The maximum absolute atomic E-state index is 13.2. The Morgan fingerprint density at radius 2 is 2.09 bits per heavy atom. The molecule has 1 amide bonds. The summed E-state index contributed by atoms with van der Waals surface area (Å²) in [5.74, 6) is -1.55. The molecule has 0 aromatic heterocycles. The number of rotatable bonds is 6. The molecule has 0 heterocycles. The minimum Gasteiger partial charge on any atom is -0.480 e. The Morgan fingerprint density at radius 3 is 2.68 bits per heavy atom. The third-order valence-corrected chi connectivity index (χ3v) is 4.15. The van der Waals surface area contributed by atoms with Crippen LogP contribution in [0.25, 0.3) is 0 Å². The minimum absolute atomic E-state index is 0.0167. The predicted octanol–water partition coefficient (Wildman–Crippen LogP) is 1.80. The van der Waals surface area contributed by atoms with Gasteiger partial charge in [-0.25, -0.2) is 4.39 Å². The van der Waals surface area contributed by atoms with Crippen LogP contribution in [0.3, 0.4) is 0 Å². The molecule has 1 fully saturated rings. The summed E-state index contributed by atoms with van der Waals surface area (Å²) in [7, 11) is 0. The summed E-state index contributed by atoms with van der Waals surface area (Å²) in [5.41, 5.74) is 1.08. The van der Waals surface area contributed by atoms with Gasteiger partial charge in [0, 0.05) is 17.6 Å². The first-order valence-electron chi connectivity index (χ1n) is 7.43. The van der Waals surface area contributed by atoms with Crippen molar-refractivity contribution in [2.45, 2.75) is 38.8 Å². The Kier molecular flexibility index (Phi) is 5.13. The molecule has 0 bridgehead atoms. The number of benzene rings is 1. The number of carboxylic acid groups (broad SMARTS) is 1. The minimum atomic E-state index is -0.843. The SMILES string of the molecule is CCN(CC(=O)O)C1CC(NC(=O)c2cc(F)ccc2C)C1. The average molecular weight is 308 g/mol. The van der Waals surface area contributed by atoms with Crippen LogP contribution in [0.15, 0.2) is 18.2 Å². The second kappa shape index (κ2) is 6.87. The molecule has 1 aromatic carbocycles. The molecule has 0 radical (unpaired) electrons. The highest BCUT2D eigenvalue weighted by molar-refractivity contribution is 5.95. The molecule has 1 aromatic rings. The average Bonchev–Trinajstić information content (AvgIpc) is 2.42. The van der Waals surface area contributed by atoms with E-state index in [9.17, 15) is 14.0 Å². The summed E-state index contributed by atoms with van der Waals surface area (Å²) in [6.45, 7) is 4.38. The predicted molar refractivity (Wildman–Crippen MR) is 80.3 cm³/mol. The number of amides is 1. The number of aryl methyl sites for hydroxylation is 1. The summed E-state index contributed by atoms with van der Waals surface area (Å²) < 4.78 is 13.2. The highest BCUT2D eigenvalue weighted by Crippen LogP contribution is 2.26. The quantitative estimate of drug-likeness (QED) is 0.841. The molecule has 0 atom stereocenters. The third kappa shape index (κ3) is 3.82. The molecule has 0 aliphatic heterocycles. The van der Waals surface area contributed by atoms with Crippen molar-refractivity contribution < 1.29 is 19.1 Å². The van der Waals surface area contributed by atoms with E-state index in [-0.39, 0.29) is 24.5 Å². The highest BCUT2D eigenvalue weighted by Gasteiger charge is 2.34. The van der Waals surface area contributed by atoms with Gasteiger partial charge in [0.1, 0.15) is 5.82 Å². The number of carboxylic acids is 1. The van der Waals surface area contributed by atoms with E-state index in [4.69, 9.17) is 5.11 Å². The van der Waals surface area contributed by atoms with Crippen molar-refractivity contribution in [3.8, 4) is 0 Å². The molecule has 0 spiro atoms. The van der Waals surface area contributed by atoms with Gasteiger partial charge >= 0.3 is 5.97 Å². The van der Waals surface area contributed by atoms with E-state index in [1.165, 1.54) is 12.1 Å². The molecular formula is C16H21FN2O3. The zero-order valence-electron chi connectivity index (χ0n) is 12.8. The van der Waals surface area contributed by atoms with Crippen LogP contribution >= 0.6 is 0 Å². The van der Waals surface area contributed by atoms with Gasteiger partial charge in [0.15, 0.2) is 0 Å². The van der Waals surface area contributed by atoms with Crippen LogP contribution in [0.4, 0.5) is 4.39 Å². The van der Waals surface area contributed by atoms with E-state index >= 15 is 0 Å². The summed E-state index contributed by atoms with van der Waals surface area (Å²) >= 11 is 0. The Morgan fingerprint density at radius 1 is 1.41 bits per heavy atom. The number of aliphatic carboxylic acids is 1. The number of carbonyl (C=O) groups excluding carboxylic acids is 1. The number of halogens is 1. The Balaban J connectivity index is 1.88. The van der Waals surface area contributed by atoms with E-state index in [0.29, 0.717) is 12.1 Å². The van der Waals surface area contributed by atoms with E-state index < -0.39 is 11.8 Å². The molecule has 6 heteroatoms. The number of carbonyl (C=O) groups is 2. The second-order valence-electron chi connectivity index (χ2n) is 5.71. The van der Waals surface area contributed by atoms with Gasteiger partial charge in [-0.3, -0.25) is 14.5 Å². The first-order chi connectivity index (χ1) is 10.4.